The van der Waals surface area contributed by atoms with Crippen molar-refractivity contribution >= 4 is 14.8 Å². The molecule has 1 aromatic carbocycles. The van der Waals surface area contributed by atoms with E-state index < -0.39 is 8.60 Å². The van der Waals surface area contributed by atoms with Crippen LogP contribution in [0, 0.1) is 98.6 Å². The molecule has 0 heterocycles. The molecule has 0 spiro atoms. The normalized spacial score (nSPS) is 40.5. The zero-order valence-electron chi connectivity index (χ0n) is 47.7. The van der Waals surface area contributed by atoms with E-state index >= 15 is 0 Å². The number of rotatable bonds is 20. The molecule has 9 rings (SSSR count). The first kappa shape index (κ1) is 54.5. The van der Waals surface area contributed by atoms with E-state index in [0.717, 1.165) is 102 Å². The smallest absolute Gasteiger partial charge is 0.310 e. The molecule has 0 bridgehead atoms. The van der Waals surface area contributed by atoms with Crippen molar-refractivity contribution < 1.29 is 13.6 Å². The molecule has 8 aliphatic rings. The Morgan fingerprint density at radius 3 is 1.51 bits per heavy atom. The second-order valence-electron chi connectivity index (χ2n) is 28.5. The highest BCUT2D eigenvalue weighted by atomic mass is 31.2. The van der Waals surface area contributed by atoms with Crippen LogP contribution in [0.4, 0.5) is 0 Å². The van der Waals surface area contributed by atoms with E-state index in [1.807, 2.05) is 6.21 Å². The number of allylic oxidation sites excluding steroid dienone is 2. The summed E-state index contributed by atoms with van der Waals surface area (Å²) in [6.45, 7) is 30.7. The Balaban J connectivity index is 0.870. The molecule has 0 unspecified atom stereocenters. The van der Waals surface area contributed by atoms with Gasteiger partial charge < -0.3 is 13.6 Å². The van der Waals surface area contributed by atoms with Crippen LogP contribution in [-0.4, -0.2) is 31.1 Å². The van der Waals surface area contributed by atoms with Gasteiger partial charge in [0.15, 0.2) is 0 Å². The Labute approximate surface area is 438 Å². The molecule has 6 saturated carbocycles. The van der Waals surface area contributed by atoms with Crippen LogP contribution in [0.3, 0.4) is 0 Å². The lowest BCUT2D eigenvalue weighted by atomic mass is 9.47. The number of aliphatic imine (C=N–C) groups is 1. The van der Waals surface area contributed by atoms with Crippen molar-refractivity contribution in [1.82, 2.24) is 0 Å². The molecule has 0 saturated heterocycles. The summed E-state index contributed by atoms with van der Waals surface area (Å²) >= 11 is 0. The Bertz CT molecular complexity index is 1880. The molecule has 0 amide bonds. The van der Waals surface area contributed by atoms with Crippen LogP contribution in [0.25, 0.3) is 0 Å². The zero-order valence-corrected chi connectivity index (χ0v) is 48.6. The summed E-state index contributed by atoms with van der Waals surface area (Å²) in [5, 5.41) is 0. The van der Waals surface area contributed by atoms with Crippen molar-refractivity contribution in [2.24, 2.45) is 104 Å². The minimum absolute atomic E-state index is 0.0399. The third-order valence-corrected chi connectivity index (χ3v) is 24.6. The van der Waals surface area contributed by atoms with E-state index in [1.165, 1.54) is 116 Å². The first-order valence-electron chi connectivity index (χ1n) is 30.7. The lowest BCUT2D eigenvalue weighted by Crippen LogP contribution is -2.51. The minimum atomic E-state index is -1.54. The fourth-order valence-corrected chi connectivity index (χ4v) is 20.4. The van der Waals surface area contributed by atoms with Gasteiger partial charge in [-0.1, -0.05) is 175 Å². The third kappa shape index (κ3) is 11.3. The van der Waals surface area contributed by atoms with Crippen molar-refractivity contribution in [1.29, 1.82) is 0 Å². The van der Waals surface area contributed by atoms with E-state index in [0.29, 0.717) is 34.2 Å². The van der Waals surface area contributed by atoms with Gasteiger partial charge in [0.05, 0.1) is 24.9 Å². The molecule has 0 aliphatic heterocycles. The molecule has 4 nitrogen and oxygen atoms in total. The summed E-state index contributed by atoms with van der Waals surface area (Å²) in [5.74, 6) is 10.7. The van der Waals surface area contributed by atoms with Gasteiger partial charge in [0.2, 0.25) is 0 Å². The predicted molar refractivity (Wildman–Crippen MR) is 301 cm³/mol. The largest absolute Gasteiger partial charge is 0.333 e. The average Bonchev–Trinajstić information content (AvgIpc) is 3.88. The maximum Gasteiger partial charge on any atom is 0.333 e. The summed E-state index contributed by atoms with van der Waals surface area (Å²) in [7, 11) is -1.54. The van der Waals surface area contributed by atoms with E-state index in [-0.39, 0.29) is 18.2 Å². The van der Waals surface area contributed by atoms with Crippen LogP contribution in [0.2, 0.25) is 0 Å². The van der Waals surface area contributed by atoms with Crippen LogP contribution in [0.15, 0.2) is 58.6 Å². The molecule has 8 aliphatic carbocycles. The van der Waals surface area contributed by atoms with Gasteiger partial charge in [0.25, 0.3) is 0 Å². The molecule has 0 N–H and O–H groups in total. The fourth-order valence-electron chi connectivity index (χ4n) is 19.1. The molecule has 6 fully saturated rings. The topological polar surface area (TPSA) is 40.0 Å². The van der Waals surface area contributed by atoms with Crippen molar-refractivity contribution in [3.8, 4) is 0 Å². The number of benzene rings is 1. The van der Waals surface area contributed by atoms with Gasteiger partial charge >= 0.3 is 8.60 Å². The van der Waals surface area contributed by atoms with Crippen molar-refractivity contribution in [3.05, 3.63) is 59.2 Å². The average molecular weight is 993 g/mol. The Kier molecular flexibility index (Phi) is 17.4. The first-order chi connectivity index (χ1) is 33.9. The fraction of sp³-hybridized carbons (Fsp3) is 0.833. The summed E-state index contributed by atoms with van der Waals surface area (Å²) in [6.07, 6.45) is 37.2. The molecule has 0 radical (unpaired) electrons. The number of fused-ring (bicyclic) bond motifs is 10. The summed E-state index contributed by atoms with van der Waals surface area (Å²) < 4.78 is 21.5. The van der Waals surface area contributed by atoms with Crippen LogP contribution < -0.4 is 0 Å². The Morgan fingerprint density at radius 1 is 0.577 bits per heavy atom. The van der Waals surface area contributed by atoms with Crippen molar-refractivity contribution in [2.75, 3.05) is 6.61 Å². The Morgan fingerprint density at radius 2 is 1.06 bits per heavy atom. The highest BCUT2D eigenvalue weighted by Gasteiger charge is 2.61. The highest BCUT2D eigenvalue weighted by Crippen LogP contribution is 2.70. The van der Waals surface area contributed by atoms with Crippen LogP contribution in [-0.2, 0) is 13.6 Å². The van der Waals surface area contributed by atoms with Gasteiger partial charge in [-0.2, -0.15) is 0 Å². The number of hydrogen-bond donors (Lipinski definition) is 0. The molecular weight excluding hydrogens is 886 g/mol. The molecule has 17 atom stereocenters. The second-order valence-corrected chi connectivity index (χ2v) is 29.7. The predicted octanol–water partition coefficient (Wildman–Crippen LogP) is 19.2. The lowest BCUT2D eigenvalue weighted by Gasteiger charge is -2.58. The van der Waals surface area contributed by atoms with Gasteiger partial charge in [-0.05, 0) is 207 Å². The number of hydrogen-bond acceptors (Lipinski definition) is 4. The molecule has 398 valence electrons. The van der Waals surface area contributed by atoms with E-state index in [9.17, 15) is 0 Å². The monoisotopic (exact) mass is 992 g/mol. The van der Waals surface area contributed by atoms with Gasteiger partial charge in [0.1, 0.15) is 0 Å². The van der Waals surface area contributed by atoms with Crippen LogP contribution in [0.1, 0.15) is 230 Å². The summed E-state index contributed by atoms with van der Waals surface area (Å²) in [4.78, 5) is 5.12. The van der Waals surface area contributed by atoms with Gasteiger partial charge in [-0.25, -0.2) is 0 Å². The van der Waals surface area contributed by atoms with Crippen molar-refractivity contribution in [3.63, 3.8) is 0 Å². The molecule has 1 aromatic rings. The maximum absolute atomic E-state index is 7.27. The highest BCUT2D eigenvalue weighted by molar-refractivity contribution is 7.41. The van der Waals surface area contributed by atoms with E-state index in [2.05, 4.69) is 126 Å². The third-order valence-electron chi connectivity index (χ3n) is 23.3. The molecule has 5 heteroatoms. The molecular formula is C66H106NO3P. The Hall–Kier alpha value is -1.32. The maximum atomic E-state index is 7.27. The quantitative estimate of drug-likeness (QED) is 0.0742. The van der Waals surface area contributed by atoms with Gasteiger partial charge in [-0.15, -0.1) is 0 Å². The SMILES string of the molecule is CC(C)CCC[C@@H](C)[C@H]1CC[C@H]2[C@@H]3CC=C4C[C@@H](OP(OC[C@H](N=Cc5ccccc5)C(C)C)O[C@H]5CC[C@@]6(C)C(=CC[C@H]7[C@@H]8CC[C@H]([C@H](C)CCCC(C)C)[C@@]8(C)CC[C@@H]76)C5)CC[C@]4(C)[C@H]3CC[C@]12C. The van der Waals surface area contributed by atoms with Crippen LogP contribution >= 0.6 is 8.60 Å². The first-order valence-corrected chi connectivity index (χ1v) is 31.8. The zero-order chi connectivity index (χ0) is 50.3. The lowest BCUT2D eigenvalue weighted by molar-refractivity contribution is -0.0603. The summed E-state index contributed by atoms with van der Waals surface area (Å²) in [5.41, 5.74) is 6.18. The number of nitrogens with zero attached hydrogens (tertiary/aromatic N) is 1. The van der Waals surface area contributed by atoms with Crippen molar-refractivity contribution in [2.45, 2.75) is 243 Å². The van der Waals surface area contributed by atoms with Crippen LogP contribution in [0.5, 0.6) is 0 Å². The van der Waals surface area contributed by atoms with Gasteiger partial charge in [0, 0.05) is 6.21 Å². The van der Waals surface area contributed by atoms with E-state index in [1.54, 1.807) is 11.1 Å². The van der Waals surface area contributed by atoms with Gasteiger partial charge in [-0.3, -0.25) is 4.99 Å². The standard InChI is InChI=1S/C66H106NO3P/c1-44(2)18-16-20-47(7)56-28-30-58-54-26-24-50-40-52(32-36-63(50,9)60(54)34-38-65(56,58)11)69-71(68-43-62(46(5)6)67-42-49-22-14-13-15-23-49)70-53-33-37-64(10)51(41-53)25-27-55-59-31-29-57(48(8)21-17-19-45(3)4)66(59,12)39-35-61(55)64/h13-15,22-25,42,44-48,52-62H,16-21,26-41,43H2,1-12H3/t47-,48-,52+,53+,54+,55+,56-,57-,58+,59+,60+,61+,62+,63+,64+,65-,66-/m1/s1. The molecule has 71 heavy (non-hydrogen) atoms. The minimum Gasteiger partial charge on any atom is -0.310 e. The second kappa shape index (κ2) is 22.7. The van der Waals surface area contributed by atoms with E-state index in [4.69, 9.17) is 18.6 Å². The molecule has 0 aromatic heterocycles. The summed E-state index contributed by atoms with van der Waals surface area (Å²) in [6, 6.07) is 10.6.